The predicted molar refractivity (Wildman–Crippen MR) is 158 cm³/mol. The second kappa shape index (κ2) is 13.9. The number of nitrogens with one attached hydrogen (secondary N) is 1. The highest BCUT2D eigenvalue weighted by Gasteiger charge is 2.33. The second-order valence-corrected chi connectivity index (χ2v) is 12.7. The molecule has 9 heteroatoms. The third kappa shape index (κ3) is 8.49. The topological polar surface area (TPSA) is 86.8 Å². The fourth-order valence-corrected chi connectivity index (χ4v) is 5.42. The Labute approximate surface area is 240 Å². The maximum Gasteiger partial charge on any atom is 0.243 e. The molecule has 0 aliphatic carbocycles. The smallest absolute Gasteiger partial charge is 0.243 e. The van der Waals surface area contributed by atoms with Gasteiger partial charge >= 0.3 is 0 Å². The minimum absolute atomic E-state index is 0.0787. The number of amides is 2. The molecule has 0 saturated carbocycles. The molecule has 3 aromatic carbocycles. The van der Waals surface area contributed by atoms with Crippen LogP contribution in [-0.4, -0.2) is 55.1 Å². The van der Waals surface area contributed by atoms with E-state index in [-0.39, 0.29) is 23.4 Å². The van der Waals surface area contributed by atoms with Crippen molar-refractivity contribution in [3.8, 4) is 0 Å². The molecule has 2 unspecified atom stereocenters. The van der Waals surface area contributed by atoms with Crippen molar-refractivity contribution >= 4 is 37.8 Å². The van der Waals surface area contributed by atoms with Crippen LogP contribution in [0.2, 0.25) is 0 Å². The second-order valence-electron chi connectivity index (χ2n) is 9.75. The summed E-state index contributed by atoms with van der Waals surface area (Å²) >= 11 is 3.44. The molecule has 208 valence electrons. The Morgan fingerprint density at radius 1 is 0.923 bits per heavy atom. The maximum atomic E-state index is 13.9. The van der Waals surface area contributed by atoms with Gasteiger partial charge in [-0.1, -0.05) is 83.0 Å². The van der Waals surface area contributed by atoms with E-state index in [0.717, 1.165) is 31.9 Å². The van der Waals surface area contributed by atoms with Crippen LogP contribution in [0.25, 0.3) is 0 Å². The zero-order valence-electron chi connectivity index (χ0n) is 22.8. The van der Waals surface area contributed by atoms with Crippen molar-refractivity contribution in [3.05, 3.63) is 100 Å². The fourth-order valence-electron chi connectivity index (χ4n) is 4.04. The van der Waals surface area contributed by atoms with Crippen molar-refractivity contribution in [1.29, 1.82) is 0 Å². The van der Waals surface area contributed by atoms with Gasteiger partial charge in [0.2, 0.25) is 21.8 Å². The summed E-state index contributed by atoms with van der Waals surface area (Å²) in [6.07, 6.45) is 1.03. The van der Waals surface area contributed by atoms with E-state index in [4.69, 9.17) is 0 Å². The Morgan fingerprint density at radius 2 is 1.54 bits per heavy atom. The van der Waals surface area contributed by atoms with Crippen molar-refractivity contribution in [2.75, 3.05) is 13.6 Å². The first-order valence-corrected chi connectivity index (χ1v) is 15.2. The molecular weight excluding hydrogens is 578 g/mol. The van der Waals surface area contributed by atoms with E-state index in [1.165, 1.54) is 24.1 Å². The highest BCUT2D eigenvalue weighted by Crippen LogP contribution is 2.20. The van der Waals surface area contributed by atoms with Gasteiger partial charge in [-0.3, -0.25) is 9.59 Å². The summed E-state index contributed by atoms with van der Waals surface area (Å²) in [6, 6.07) is 22.6. The van der Waals surface area contributed by atoms with Crippen LogP contribution in [0, 0.1) is 6.92 Å². The number of likely N-dealkylation sites (N-methyl/N-ethyl adjacent to an activating group) is 1. The molecular formula is C30H36BrN3O4S. The molecule has 0 spiro atoms. The number of carbonyl (C=O) groups excluding carboxylic acids is 2. The summed E-state index contributed by atoms with van der Waals surface area (Å²) < 4.78 is 28.4. The Balaban J connectivity index is 1.97. The molecule has 0 bridgehead atoms. The van der Waals surface area contributed by atoms with Gasteiger partial charge in [0, 0.05) is 30.5 Å². The lowest BCUT2D eigenvalue weighted by Crippen LogP contribution is -2.54. The van der Waals surface area contributed by atoms with Crippen molar-refractivity contribution in [2.45, 2.75) is 57.1 Å². The third-order valence-corrected chi connectivity index (χ3v) is 8.97. The quantitative estimate of drug-likeness (QED) is 0.314. The van der Waals surface area contributed by atoms with Crippen LogP contribution >= 0.6 is 15.9 Å². The van der Waals surface area contributed by atoms with Crippen molar-refractivity contribution in [1.82, 2.24) is 14.5 Å². The molecule has 7 nitrogen and oxygen atoms in total. The Kier molecular flexibility index (Phi) is 10.9. The number of carbonyl (C=O) groups is 2. The minimum atomic E-state index is -3.91. The maximum absolute atomic E-state index is 13.9. The van der Waals surface area contributed by atoms with Gasteiger partial charge in [0.1, 0.15) is 6.04 Å². The molecule has 1 N–H and O–H groups in total. The standard InChI is InChI=1S/C30H36BrN3O4S/c1-5-23(3)32-30(36)28(19-24-9-7-6-8-10-24)34(20-25-13-15-26(31)16-14-25)29(35)21-33(4)39(37,38)27-17-11-22(2)12-18-27/h6-18,23,28H,5,19-21H2,1-4H3,(H,32,36). The van der Waals surface area contributed by atoms with Crippen LogP contribution in [-0.2, 0) is 32.6 Å². The molecule has 3 rings (SSSR count). The van der Waals surface area contributed by atoms with Crippen LogP contribution in [0.5, 0.6) is 0 Å². The summed E-state index contributed by atoms with van der Waals surface area (Å²) in [5, 5.41) is 3.02. The fraction of sp³-hybridized carbons (Fsp3) is 0.333. The molecule has 0 fully saturated rings. The number of halogens is 1. The number of hydrogen-bond acceptors (Lipinski definition) is 4. The molecule has 0 aromatic heterocycles. The van der Waals surface area contributed by atoms with Crippen LogP contribution in [0.15, 0.2) is 88.2 Å². The SMILES string of the molecule is CCC(C)NC(=O)C(Cc1ccccc1)N(Cc1ccc(Br)cc1)C(=O)CN(C)S(=O)(=O)c1ccc(C)cc1. The summed E-state index contributed by atoms with van der Waals surface area (Å²) in [7, 11) is -2.53. The zero-order valence-corrected chi connectivity index (χ0v) is 25.2. The molecule has 2 atom stereocenters. The van der Waals surface area contributed by atoms with Gasteiger partial charge in [-0.05, 0) is 55.7 Å². The molecule has 0 radical (unpaired) electrons. The van der Waals surface area contributed by atoms with Gasteiger partial charge in [-0.25, -0.2) is 8.42 Å². The minimum Gasteiger partial charge on any atom is -0.352 e. The average molecular weight is 615 g/mol. The van der Waals surface area contributed by atoms with E-state index in [0.29, 0.717) is 6.42 Å². The molecule has 0 saturated heterocycles. The number of sulfonamides is 1. The molecule has 0 heterocycles. The monoisotopic (exact) mass is 613 g/mol. The number of rotatable bonds is 12. The molecule has 0 aliphatic heterocycles. The summed E-state index contributed by atoms with van der Waals surface area (Å²) in [5.74, 6) is -0.737. The Bertz CT molecular complexity index is 1350. The van der Waals surface area contributed by atoms with Gasteiger partial charge in [0.15, 0.2) is 0 Å². The first-order valence-electron chi connectivity index (χ1n) is 12.9. The summed E-state index contributed by atoms with van der Waals surface area (Å²) in [4.78, 5) is 29.1. The van der Waals surface area contributed by atoms with Gasteiger partial charge in [0.05, 0.1) is 11.4 Å². The number of nitrogens with zero attached hydrogens (tertiary/aromatic N) is 2. The predicted octanol–water partition coefficient (Wildman–Crippen LogP) is 4.93. The van der Waals surface area contributed by atoms with Crippen molar-refractivity contribution in [3.63, 3.8) is 0 Å². The number of aryl methyl sites for hydroxylation is 1. The van der Waals surface area contributed by atoms with Gasteiger partial charge < -0.3 is 10.2 Å². The van der Waals surface area contributed by atoms with Gasteiger partial charge in [-0.2, -0.15) is 4.31 Å². The highest BCUT2D eigenvalue weighted by molar-refractivity contribution is 9.10. The Morgan fingerprint density at radius 3 is 2.13 bits per heavy atom. The van der Waals surface area contributed by atoms with E-state index in [1.807, 2.05) is 75.4 Å². The van der Waals surface area contributed by atoms with Crippen LogP contribution in [0.1, 0.15) is 37.0 Å². The average Bonchev–Trinajstić information content (AvgIpc) is 2.92. The van der Waals surface area contributed by atoms with E-state index in [2.05, 4.69) is 21.2 Å². The van der Waals surface area contributed by atoms with E-state index >= 15 is 0 Å². The third-order valence-electron chi connectivity index (χ3n) is 6.63. The molecule has 3 aromatic rings. The molecule has 2 amide bonds. The van der Waals surface area contributed by atoms with Gasteiger partial charge in [-0.15, -0.1) is 0 Å². The highest BCUT2D eigenvalue weighted by atomic mass is 79.9. The van der Waals surface area contributed by atoms with Crippen LogP contribution in [0.4, 0.5) is 0 Å². The zero-order chi connectivity index (χ0) is 28.6. The van der Waals surface area contributed by atoms with Crippen LogP contribution < -0.4 is 5.32 Å². The summed E-state index contributed by atoms with van der Waals surface area (Å²) in [5.41, 5.74) is 2.66. The van der Waals surface area contributed by atoms with Crippen molar-refractivity contribution < 1.29 is 18.0 Å². The van der Waals surface area contributed by atoms with Crippen molar-refractivity contribution in [2.24, 2.45) is 0 Å². The number of benzene rings is 3. The van der Waals surface area contributed by atoms with Crippen LogP contribution in [0.3, 0.4) is 0 Å². The normalized spacial score (nSPS) is 13.1. The lowest BCUT2D eigenvalue weighted by Gasteiger charge is -2.33. The first kappa shape index (κ1) is 30.5. The lowest BCUT2D eigenvalue weighted by atomic mass is 10.0. The van der Waals surface area contributed by atoms with E-state index < -0.39 is 28.5 Å². The van der Waals surface area contributed by atoms with E-state index in [9.17, 15) is 18.0 Å². The largest absolute Gasteiger partial charge is 0.352 e. The molecule has 39 heavy (non-hydrogen) atoms. The first-order chi connectivity index (χ1) is 18.5. The van der Waals surface area contributed by atoms with Gasteiger partial charge in [0.25, 0.3) is 0 Å². The van der Waals surface area contributed by atoms with E-state index in [1.54, 1.807) is 12.1 Å². The summed E-state index contributed by atoms with van der Waals surface area (Å²) in [6.45, 7) is 5.51. The Hall–Kier alpha value is -3.01. The lowest BCUT2D eigenvalue weighted by molar-refractivity contribution is -0.141. The molecule has 0 aliphatic rings. The number of hydrogen-bond donors (Lipinski definition) is 1.